The second kappa shape index (κ2) is 9.81. The summed E-state index contributed by atoms with van der Waals surface area (Å²) in [5.41, 5.74) is 3.84. The van der Waals surface area contributed by atoms with Gasteiger partial charge >= 0.3 is 0 Å². The Labute approximate surface area is 208 Å². The Kier molecular flexibility index (Phi) is 6.76. The number of aliphatic hydroxyl groups is 1. The van der Waals surface area contributed by atoms with Gasteiger partial charge in [0.25, 0.3) is 5.56 Å². The molecule has 0 aromatic carbocycles. The number of likely N-dealkylation sites (tertiary alicyclic amines) is 1. The second-order valence-electron chi connectivity index (χ2n) is 9.57. The Bertz CT molecular complexity index is 1300. The molecule has 3 aromatic rings. The molecule has 3 aliphatic heterocycles. The van der Waals surface area contributed by atoms with Gasteiger partial charge in [-0.1, -0.05) is 0 Å². The van der Waals surface area contributed by atoms with Crippen molar-refractivity contribution in [2.24, 2.45) is 0 Å². The third kappa shape index (κ3) is 4.53. The van der Waals surface area contributed by atoms with Gasteiger partial charge in [-0.05, 0) is 43.5 Å². The van der Waals surface area contributed by atoms with Crippen LogP contribution in [0.2, 0.25) is 0 Å². The molecule has 3 atom stereocenters. The Morgan fingerprint density at radius 1 is 1.23 bits per heavy atom. The zero-order chi connectivity index (χ0) is 23.2. The fraction of sp³-hybridized carbons (Fsp3) is 0.480. The van der Waals surface area contributed by atoms with E-state index in [1.54, 1.807) is 16.8 Å². The summed E-state index contributed by atoms with van der Waals surface area (Å²) in [6.07, 6.45) is 5.32. The minimum Gasteiger partial charge on any atom is -0.492 e. The van der Waals surface area contributed by atoms with Crippen LogP contribution in [0.5, 0.6) is 5.75 Å². The Hall–Kier alpha value is -2.59. The van der Waals surface area contributed by atoms with Crippen molar-refractivity contribution in [3.05, 3.63) is 63.6 Å². The molecule has 0 bridgehead atoms. The molecule has 6 rings (SSSR count). The number of hydrogen-bond acceptors (Lipinski definition) is 7. The number of hydrogen-bond donors (Lipinski definition) is 2. The Morgan fingerprint density at radius 2 is 2.11 bits per heavy atom. The normalized spacial score (nSPS) is 23.5. The van der Waals surface area contributed by atoms with Crippen molar-refractivity contribution in [1.29, 1.82) is 0 Å². The molecule has 8 nitrogen and oxygen atoms in total. The number of piperidine rings is 1. The Balaban J connectivity index is 0.00000253. The van der Waals surface area contributed by atoms with Crippen LogP contribution in [0.3, 0.4) is 0 Å². The van der Waals surface area contributed by atoms with E-state index in [0.717, 1.165) is 43.9 Å². The fourth-order valence-corrected chi connectivity index (χ4v) is 5.64. The number of aromatic nitrogens is 3. The number of fused-ring (bicyclic) bond motifs is 1. The molecule has 0 saturated carbocycles. The van der Waals surface area contributed by atoms with Crippen LogP contribution >= 0.6 is 12.4 Å². The lowest BCUT2D eigenvalue weighted by Gasteiger charge is -2.37. The number of nitrogens with one attached hydrogen (secondary N) is 1. The molecule has 10 heteroatoms. The van der Waals surface area contributed by atoms with Gasteiger partial charge in [0, 0.05) is 49.8 Å². The maximum atomic E-state index is 14.7. The molecule has 0 amide bonds. The van der Waals surface area contributed by atoms with Gasteiger partial charge in [0.2, 0.25) is 0 Å². The van der Waals surface area contributed by atoms with E-state index in [2.05, 4.69) is 26.3 Å². The first kappa shape index (κ1) is 24.1. The van der Waals surface area contributed by atoms with E-state index in [1.165, 1.54) is 17.8 Å². The average molecular weight is 502 g/mol. The van der Waals surface area contributed by atoms with Crippen molar-refractivity contribution in [2.75, 3.05) is 26.2 Å². The van der Waals surface area contributed by atoms with Crippen molar-refractivity contribution in [1.82, 2.24) is 24.8 Å². The fourth-order valence-electron chi connectivity index (χ4n) is 5.64. The highest BCUT2D eigenvalue weighted by Gasteiger charge is 2.34. The van der Waals surface area contributed by atoms with Crippen molar-refractivity contribution in [3.8, 4) is 5.75 Å². The zero-order valence-electron chi connectivity index (χ0n) is 19.3. The molecule has 0 aliphatic carbocycles. The number of aryl methyl sites for hydroxylation is 1. The highest BCUT2D eigenvalue weighted by Crippen LogP contribution is 2.34. The third-order valence-electron chi connectivity index (χ3n) is 7.35. The summed E-state index contributed by atoms with van der Waals surface area (Å²) in [6, 6.07) is 5.21. The third-order valence-corrected chi connectivity index (χ3v) is 7.35. The van der Waals surface area contributed by atoms with Gasteiger partial charge in [0.05, 0.1) is 41.8 Å². The molecule has 0 spiro atoms. The van der Waals surface area contributed by atoms with E-state index in [-0.39, 0.29) is 35.7 Å². The lowest BCUT2D eigenvalue weighted by molar-refractivity contribution is 0.0367. The van der Waals surface area contributed by atoms with Crippen molar-refractivity contribution in [2.45, 2.75) is 50.4 Å². The average Bonchev–Trinajstić information content (AvgIpc) is 3.23. The van der Waals surface area contributed by atoms with Crippen LogP contribution in [-0.2, 0) is 19.5 Å². The van der Waals surface area contributed by atoms with Crippen LogP contribution in [0.4, 0.5) is 4.39 Å². The molecular weight excluding hydrogens is 473 g/mol. The largest absolute Gasteiger partial charge is 0.492 e. The Morgan fingerprint density at radius 3 is 2.97 bits per heavy atom. The maximum absolute atomic E-state index is 14.7. The number of rotatable bonds is 5. The van der Waals surface area contributed by atoms with Crippen LogP contribution in [0.25, 0.3) is 11.0 Å². The van der Waals surface area contributed by atoms with Gasteiger partial charge in [-0.15, -0.1) is 12.4 Å². The number of ether oxygens (including phenoxy) is 1. The number of pyridine rings is 3. The van der Waals surface area contributed by atoms with Crippen LogP contribution < -0.4 is 15.6 Å². The van der Waals surface area contributed by atoms with E-state index in [9.17, 15) is 14.3 Å². The predicted octanol–water partition coefficient (Wildman–Crippen LogP) is 2.00. The smallest absolute Gasteiger partial charge is 0.251 e. The SMILES string of the molecule is Cl.O=c1ccc2ncc(F)c3c2n1CC3CN1CC[C@H](NCc2cc3c(cn2)OCCC3)[C@H](O)C1. The van der Waals surface area contributed by atoms with E-state index in [4.69, 9.17) is 4.74 Å². The van der Waals surface area contributed by atoms with Crippen molar-refractivity contribution in [3.63, 3.8) is 0 Å². The first-order chi connectivity index (χ1) is 16.6. The van der Waals surface area contributed by atoms with Gasteiger partial charge in [-0.3, -0.25) is 19.7 Å². The van der Waals surface area contributed by atoms with E-state index >= 15 is 0 Å². The monoisotopic (exact) mass is 501 g/mol. The van der Waals surface area contributed by atoms with Crippen LogP contribution in [-0.4, -0.2) is 62.9 Å². The standard InChI is InChI=1S/C25H28FN5O3.ClH/c26-18-10-29-20-3-4-23(33)31-13-16(24(18)25(20)31)12-30-6-5-19(21(32)14-30)28-9-17-8-15-2-1-7-34-22(15)11-27-17;/h3-4,8,10-11,16,19,21,28,32H,1-2,5-7,9,12-14H2;1H/t16?,19-,21+;/m0./s1. The molecule has 3 aliphatic rings. The number of β-amino-alcohol motifs (C(OH)–C–C–N with tert-alkyl or cyclic N) is 1. The zero-order valence-corrected chi connectivity index (χ0v) is 20.1. The number of halogens is 2. The van der Waals surface area contributed by atoms with Gasteiger partial charge in [-0.25, -0.2) is 4.39 Å². The predicted molar refractivity (Wildman–Crippen MR) is 132 cm³/mol. The summed E-state index contributed by atoms with van der Waals surface area (Å²) in [5, 5.41) is 14.3. The van der Waals surface area contributed by atoms with Gasteiger partial charge in [0.1, 0.15) is 11.6 Å². The summed E-state index contributed by atoms with van der Waals surface area (Å²) in [4.78, 5) is 23.2. The molecule has 1 saturated heterocycles. The molecule has 1 unspecified atom stereocenters. The van der Waals surface area contributed by atoms with Gasteiger partial charge in [-0.2, -0.15) is 0 Å². The van der Waals surface area contributed by atoms with Crippen LogP contribution in [0.15, 0.2) is 35.4 Å². The number of aliphatic hydroxyl groups excluding tert-OH is 1. The van der Waals surface area contributed by atoms with E-state index < -0.39 is 6.10 Å². The van der Waals surface area contributed by atoms with Crippen LogP contribution in [0, 0.1) is 5.82 Å². The van der Waals surface area contributed by atoms with Crippen molar-refractivity contribution >= 4 is 23.4 Å². The highest BCUT2D eigenvalue weighted by molar-refractivity contribution is 5.85. The second-order valence-corrected chi connectivity index (χ2v) is 9.57. The topological polar surface area (TPSA) is 92.5 Å². The molecule has 3 aromatic heterocycles. The summed E-state index contributed by atoms with van der Waals surface area (Å²) >= 11 is 0. The van der Waals surface area contributed by atoms with Gasteiger partial charge < -0.3 is 19.7 Å². The molecular formula is C25H29ClFN5O3. The summed E-state index contributed by atoms with van der Waals surface area (Å²) in [5.74, 6) is 0.371. The maximum Gasteiger partial charge on any atom is 0.251 e. The van der Waals surface area contributed by atoms with Crippen LogP contribution in [0.1, 0.15) is 35.6 Å². The quantitative estimate of drug-likeness (QED) is 0.552. The van der Waals surface area contributed by atoms with Gasteiger partial charge in [0.15, 0.2) is 0 Å². The summed E-state index contributed by atoms with van der Waals surface area (Å²) < 4.78 is 22.0. The molecule has 0 radical (unpaired) electrons. The lowest BCUT2D eigenvalue weighted by atomic mass is 9.97. The molecule has 2 N–H and O–H groups in total. The molecule has 6 heterocycles. The summed E-state index contributed by atoms with van der Waals surface area (Å²) in [6.45, 7) is 3.66. The number of nitrogens with zero attached hydrogens (tertiary/aromatic N) is 4. The first-order valence-corrected chi connectivity index (χ1v) is 12.0. The molecule has 1 fully saturated rings. The minimum atomic E-state index is -0.538. The van der Waals surface area contributed by atoms with E-state index in [1.807, 2.05) is 0 Å². The summed E-state index contributed by atoms with van der Waals surface area (Å²) in [7, 11) is 0. The lowest BCUT2D eigenvalue weighted by Crippen LogP contribution is -2.53. The minimum absolute atomic E-state index is 0. The van der Waals surface area contributed by atoms with Crippen molar-refractivity contribution < 1.29 is 14.2 Å². The molecule has 35 heavy (non-hydrogen) atoms. The molecule has 186 valence electrons. The first-order valence-electron chi connectivity index (χ1n) is 12.0. The highest BCUT2D eigenvalue weighted by atomic mass is 35.5. The van der Waals surface area contributed by atoms with E-state index in [0.29, 0.717) is 42.8 Å².